The molecule has 166 valence electrons. The predicted octanol–water partition coefficient (Wildman–Crippen LogP) is 3.63. The molecule has 1 heterocycles. The van der Waals surface area contributed by atoms with E-state index in [2.05, 4.69) is 6.08 Å². The predicted molar refractivity (Wildman–Crippen MR) is 120 cm³/mol. The Morgan fingerprint density at radius 1 is 1.27 bits per heavy atom. The van der Waals surface area contributed by atoms with Crippen LogP contribution in [0.3, 0.4) is 0 Å². The lowest BCUT2D eigenvalue weighted by atomic mass is 9.60. The average molecular weight is 435 g/mol. The fourth-order valence-corrected chi connectivity index (χ4v) is 5.92. The fourth-order valence-electron chi connectivity index (χ4n) is 5.09. The van der Waals surface area contributed by atoms with Gasteiger partial charge in [-0.05, 0) is 46.3 Å². The first-order chi connectivity index (χ1) is 14.1. The number of epoxide rings is 1. The van der Waals surface area contributed by atoms with Gasteiger partial charge >= 0.3 is 0 Å². The van der Waals surface area contributed by atoms with Gasteiger partial charge in [-0.1, -0.05) is 42.0 Å². The molecular formula is C24H34O5S. The minimum atomic E-state index is -1.72. The van der Waals surface area contributed by atoms with Crippen molar-refractivity contribution in [2.75, 3.05) is 19.1 Å². The van der Waals surface area contributed by atoms with E-state index >= 15 is 0 Å². The summed E-state index contributed by atoms with van der Waals surface area (Å²) in [4.78, 5) is 13.4. The van der Waals surface area contributed by atoms with Gasteiger partial charge in [0.2, 0.25) is 0 Å². The molecule has 0 amide bonds. The molecule has 1 saturated heterocycles. The van der Waals surface area contributed by atoms with Gasteiger partial charge in [0.05, 0.1) is 11.7 Å². The summed E-state index contributed by atoms with van der Waals surface area (Å²) in [5, 5.41) is 23.3. The van der Waals surface area contributed by atoms with E-state index in [-0.39, 0.29) is 18.3 Å². The van der Waals surface area contributed by atoms with Crippen LogP contribution in [0, 0.1) is 5.92 Å². The summed E-state index contributed by atoms with van der Waals surface area (Å²) < 4.78 is 11.9. The molecule has 2 fully saturated rings. The van der Waals surface area contributed by atoms with E-state index in [0.717, 1.165) is 6.42 Å². The Kier molecular flexibility index (Phi) is 6.85. The number of hydrogen-bond donors (Lipinski definition) is 2. The molecule has 0 spiro atoms. The zero-order valence-corrected chi connectivity index (χ0v) is 19.4. The lowest BCUT2D eigenvalue weighted by Gasteiger charge is -2.52. The van der Waals surface area contributed by atoms with Gasteiger partial charge in [-0.3, -0.25) is 4.79 Å². The number of ketones is 1. The summed E-state index contributed by atoms with van der Waals surface area (Å²) in [5.41, 5.74) is -1.85. The zero-order chi connectivity index (χ0) is 22.2. The van der Waals surface area contributed by atoms with Crippen molar-refractivity contribution in [1.82, 2.24) is 0 Å². The van der Waals surface area contributed by atoms with Crippen molar-refractivity contribution in [2.24, 2.45) is 5.92 Å². The number of methoxy groups -OCH3 is 1. The number of benzene rings is 1. The molecule has 6 unspecified atom stereocenters. The Morgan fingerprint density at radius 3 is 2.50 bits per heavy atom. The second-order valence-corrected chi connectivity index (χ2v) is 9.96. The van der Waals surface area contributed by atoms with E-state index in [4.69, 9.17) is 9.47 Å². The molecule has 3 rings (SSSR count). The van der Waals surface area contributed by atoms with Crippen molar-refractivity contribution in [3.05, 3.63) is 47.5 Å². The van der Waals surface area contributed by atoms with Crippen LogP contribution in [0.25, 0.3) is 0 Å². The van der Waals surface area contributed by atoms with Crippen LogP contribution in [0.15, 0.2) is 42.0 Å². The van der Waals surface area contributed by atoms with Crippen molar-refractivity contribution in [1.29, 1.82) is 0 Å². The Balaban J connectivity index is 1.99. The normalized spacial score (nSPS) is 38.2. The highest BCUT2D eigenvalue weighted by molar-refractivity contribution is 7.98. The van der Waals surface area contributed by atoms with Gasteiger partial charge in [0.1, 0.15) is 11.7 Å². The first kappa shape index (κ1) is 23.5. The molecule has 1 aromatic carbocycles. The lowest BCUT2D eigenvalue weighted by molar-refractivity contribution is -0.194. The lowest BCUT2D eigenvalue weighted by Crippen LogP contribution is -2.67. The summed E-state index contributed by atoms with van der Waals surface area (Å²) >= 11 is 1.55. The van der Waals surface area contributed by atoms with Crippen molar-refractivity contribution in [3.63, 3.8) is 0 Å². The van der Waals surface area contributed by atoms with Crippen LogP contribution in [0.2, 0.25) is 0 Å². The summed E-state index contributed by atoms with van der Waals surface area (Å²) in [7, 11) is 1.50. The molecule has 2 N–H and O–H groups in total. The molecule has 1 saturated carbocycles. The number of hydrogen-bond acceptors (Lipinski definition) is 6. The third kappa shape index (κ3) is 4.13. The summed E-state index contributed by atoms with van der Waals surface area (Å²) in [6, 6.07) is 8.81. The number of carbonyl (C=O) groups is 1. The van der Waals surface area contributed by atoms with Crippen LogP contribution in [-0.4, -0.2) is 64.1 Å². The van der Waals surface area contributed by atoms with Crippen LogP contribution in [0.5, 0.6) is 0 Å². The van der Waals surface area contributed by atoms with Crippen LogP contribution in [-0.2, 0) is 9.47 Å². The SMILES string of the molecule is COC1C(C2(C)OC2CC=C(C)C)C(O)(CSC)CCC1(O)C(=O)c1ccccc1. The highest BCUT2D eigenvalue weighted by atomic mass is 32.2. The molecule has 1 aliphatic heterocycles. The quantitative estimate of drug-likeness (QED) is 0.370. The van der Waals surface area contributed by atoms with Gasteiger partial charge in [-0.25, -0.2) is 0 Å². The molecule has 6 heteroatoms. The number of ether oxygens (including phenoxy) is 2. The molecule has 2 aliphatic rings. The van der Waals surface area contributed by atoms with Gasteiger partial charge in [0.15, 0.2) is 11.4 Å². The number of rotatable bonds is 8. The second kappa shape index (κ2) is 8.75. The maximum absolute atomic E-state index is 13.4. The molecular weight excluding hydrogens is 400 g/mol. The van der Waals surface area contributed by atoms with Crippen LogP contribution < -0.4 is 0 Å². The topological polar surface area (TPSA) is 79.3 Å². The number of thioether (sulfide) groups is 1. The average Bonchev–Trinajstić information content (AvgIpc) is 3.38. The third-order valence-electron chi connectivity index (χ3n) is 6.70. The molecule has 6 atom stereocenters. The number of allylic oxidation sites excluding steroid dienone is 1. The third-order valence-corrected chi connectivity index (χ3v) is 7.49. The Labute approximate surface area is 183 Å². The molecule has 1 aromatic rings. The van der Waals surface area contributed by atoms with Crippen LogP contribution in [0.4, 0.5) is 0 Å². The highest BCUT2D eigenvalue weighted by Gasteiger charge is 2.70. The Morgan fingerprint density at radius 2 is 1.93 bits per heavy atom. The molecule has 1 aliphatic carbocycles. The molecule has 0 radical (unpaired) electrons. The summed E-state index contributed by atoms with van der Waals surface area (Å²) in [6.07, 6.45) is 4.28. The van der Waals surface area contributed by atoms with E-state index < -0.39 is 28.8 Å². The van der Waals surface area contributed by atoms with E-state index in [0.29, 0.717) is 17.7 Å². The van der Waals surface area contributed by atoms with E-state index in [1.165, 1.54) is 12.7 Å². The van der Waals surface area contributed by atoms with Gasteiger partial charge in [0, 0.05) is 24.3 Å². The molecule has 5 nitrogen and oxygen atoms in total. The number of aliphatic hydroxyl groups is 2. The van der Waals surface area contributed by atoms with Crippen molar-refractivity contribution in [2.45, 2.75) is 69.0 Å². The monoisotopic (exact) mass is 434 g/mol. The van der Waals surface area contributed by atoms with Crippen molar-refractivity contribution in [3.8, 4) is 0 Å². The molecule has 0 aromatic heterocycles. The van der Waals surface area contributed by atoms with Gasteiger partial charge in [-0.15, -0.1) is 0 Å². The Bertz CT molecular complexity index is 792. The standard InChI is InChI=1S/C24H34O5S/c1-16(2)11-12-18-22(3,29-18)19-21(28-4)24(27,14-13-23(19,26)15-30-5)20(25)17-9-7-6-8-10-17/h6-11,18-19,21,26-27H,12-15H2,1-5H3. The van der Waals surface area contributed by atoms with E-state index in [1.54, 1.807) is 36.0 Å². The van der Waals surface area contributed by atoms with Crippen LogP contribution in [0.1, 0.15) is 50.4 Å². The van der Waals surface area contributed by atoms with E-state index in [1.807, 2.05) is 33.1 Å². The van der Waals surface area contributed by atoms with Crippen LogP contribution >= 0.6 is 11.8 Å². The molecule has 0 bridgehead atoms. The summed E-state index contributed by atoms with van der Waals surface area (Å²) in [6.45, 7) is 6.05. The fraction of sp³-hybridized carbons (Fsp3) is 0.625. The van der Waals surface area contributed by atoms with E-state index in [9.17, 15) is 15.0 Å². The number of Topliss-reactive ketones (excluding diaryl/α,β-unsaturated/α-hetero) is 1. The minimum absolute atomic E-state index is 0.0855. The maximum atomic E-state index is 13.4. The smallest absolute Gasteiger partial charge is 0.197 e. The minimum Gasteiger partial charge on any atom is -0.389 e. The van der Waals surface area contributed by atoms with Crippen molar-refractivity contribution >= 4 is 17.5 Å². The first-order valence-electron chi connectivity index (χ1n) is 10.5. The first-order valence-corrected chi connectivity index (χ1v) is 11.9. The maximum Gasteiger partial charge on any atom is 0.197 e. The highest BCUT2D eigenvalue weighted by Crippen LogP contribution is 2.57. The summed E-state index contributed by atoms with van der Waals surface area (Å²) in [5.74, 6) is -0.415. The zero-order valence-electron chi connectivity index (χ0n) is 18.6. The second-order valence-electron chi connectivity index (χ2n) is 9.10. The largest absolute Gasteiger partial charge is 0.389 e. The van der Waals surface area contributed by atoms with Gasteiger partial charge in [0.25, 0.3) is 0 Å². The number of carbonyl (C=O) groups excluding carboxylic acids is 1. The molecule has 30 heavy (non-hydrogen) atoms. The Hall–Kier alpha value is -1.18. The van der Waals surface area contributed by atoms with Gasteiger partial charge < -0.3 is 19.7 Å². The van der Waals surface area contributed by atoms with Gasteiger partial charge in [-0.2, -0.15) is 11.8 Å². The van der Waals surface area contributed by atoms with Crippen molar-refractivity contribution < 1.29 is 24.5 Å².